The van der Waals surface area contributed by atoms with Crippen molar-refractivity contribution in [1.82, 2.24) is 14.9 Å². The molecule has 1 atom stereocenters. The summed E-state index contributed by atoms with van der Waals surface area (Å²) in [5.41, 5.74) is 1.97. The standard InChI is InChI=1S/C19H24N4O2/c1-3-13(2)20-18(24)16-15-11-7-8-12-23(15)17(22-16)19(25)21-14-9-5-4-6-10-14/h4-6,9-10,13H,3,7-8,11-12H2,1-2H3,(H,20,24)(H,21,25). The minimum Gasteiger partial charge on any atom is -0.348 e. The molecule has 3 rings (SSSR count). The third-order valence-corrected chi connectivity index (χ3v) is 4.56. The normalized spacial score (nSPS) is 14.5. The second kappa shape index (κ2) is 7.51. The summed E-state index contributed by atoms with van der Waals surface area (Å²) in [6.45, 7) is 4.70. The number of hydrogen-bond acceptors (Lipinski definition) is 3. The summed E-state index contributed by atoms with van der Waals surface area (Å²) in [6.07, 6.45) is 3.62. The minimum absolute atomic E-state index is 0.0787. The number of nitrogens with zero attached hydrogens (tertiary/aromatic N) is 2. The van der Waals surface area contributed by atoms with Crippen molar-refractivity contribution in [2.75, 3.05) is 5.32 Å². The van der Waals surface area contributed by atoms with Gasteiger partial charge in [0.25, 0.3) is 11.8 Å². The van der Waals surface area contributed by atoms with Gasteiger partial charge in [0.2, 0.25) is 0 Å². The van der Waals surface area contributed by atoms with Crippen LogP contribution in [-0.2, 0) is 13.0 Å². The van der Waals surface area contributed by atoms with Crippen LogP contribution in [0.15, 0.2) is 30.3 Å². The van der Waals surface area contributed by atoms with Gasteiger partial charge in [0.15, 0.2) is 5.82 Å². The number of fused-ring (bicyclic) bond motifs is 1. The first-order valence-electron chi connectivity index (χ1n) is 8.86. The number of rotatable bonds is 5. The number of para-hydroxylation sites is 1. The van der Waals surface area contributed by atoms with E-state index < -0.39 is 0 Å². The van der Waals surface area contributed by atoms with Gasteiger partial charge in [-0.25, -0.2) is 4.98 Å². The largest absolute Gasteiger partial charge is 0.348 e. The van der Waals surface area contributed by atoms with Crippen LogP contribution in [0.5, 0.6) is 0 Å². The molecular weight excluding hydrogens is 316 g/mol. The Morgan fingerprint density at radius 1 is 1.20 bits per heavy atom. The van der Waals surface area contributed by atoms with Crippen LogP contribution in [0.25, 0.3) is 0 Å². The Balaban J connectivity index is 1.89. The van der Waals surface area contributed by atoms with Crippen molar-refractivity contribution < 1.29 is 9.59 Å². The maximum atomic E-state index is 12.7. The summed E-state index contributed by atoms with van der Waals surface area (Å²) in [5.74, 6) is -0.163. The van der Waals surface area contributed by atoms with Gasteiger partial charge in [-0.2, -0.15) is 0 Å². The molecule has 25 heavy (non-hydrogen) atoms. The van der Waals surface area contributed by atoms with Gasteiger partial charge in [0.1, 0.15) is 5.69 Å². The Morgan fingerprint density at radius 3 is 2.68 bits per heavy atom. The quantitative estimate of drug-likeness (QED) is 0.878. The lowest BCUT2D eigenvalue weighted by Crippen LogP contribution is -2.33. The molecule has 0 bridgehead atoms. The lowest BCUT2D eigenvalue weighted by Gasteiger charge is -2.17. The highest BCUT2D eigenvalue weighted by Gasteiger charge is 2.27. The molecule has 132 valence electrons. The highest BCUT2D eigenvalue weighted by molar-refractivity contribution is 6.03. The van der Waals surface area contributed by atoms with Crippen molar-refractivity contribution in [3.8, 4) is 0 Å². The molecule has 1 aliphatic heterocycles. The van der Waals surface area contributed by atoms with E-state index in [2.05, 4.69) is 15.6 Å². The van der Waals surface area contributed by atoms with Crippen molar-refractivity contribution in [3.05, 3.63) is 47.5 Å². The Bertz CT molecular complexity index is 767. The first-order valence-corrected chi connectivity index (χ1v) is 8.86. The van der Waals surface area contributed by atoms with E-state index in [0.29, 0.717) is 17.2 Å². The summed E-state index contributed by atoms with van der Waals surface area (Å²) in [5, 5.41) is 5.81. The summed E-state index contributed by atoms with van der Waals surface area (Å²) in [7, 11) is 0. The van der Waals surface area contributed by atoms with Crippen molar-refractivity contribution in [1.29, 1.82) is 0 Å². The molecule has 0 saturated heterocycles. The van der Waals surface area contributed by atoms with Crippen molar-refractivity contribution in [2.45, 2.75) is 52.1 Å². The monoisotopic (exact) mass is 340 g/mol. The molecule has 1 aromatic carbocycles. The molecule has 0 spiro atoms. The molecule has 1 aliphatic rings. The van der Waals surface area contributed by atoms with E-state index >= 15 is 0 Å². The second-order valence-corrected chi connectivity index (χ2v) is 6.44. The van der Waals surface area contributed by atoms with Crippen molar-refractivity contribution in [2.24, 2.45) is 0 Å². The van der Waals surface area contributed by atoms with Gasteiger partial charge < -0.3 is 15.2 Å². The number of carbonyl (C=O) groups excluding carboxylic acids is 2. The zero-order valence-corrected chi connectivity index (χ0v) is 14.7. The molecule has 2 amide bonds. The third kappa shape index (κ3) is 3.73. The number of carbonyl (C=O) groups is 2. The smallest absolute Gasteiger partial charge is 0.291 e. The summed E-state index contributed by atoms with van der Waals surface area (Å²) < 4.78 is 1.90. The number of imidazole rings is 1. The Labute approximate surface area is 147 Å². The van der Waals surface area contributed by atoms with E-state index in [1.54, 1.807) is 0 Å². The van der Waals surface area contributed by atoms with Crippen LogP contribution in [0.1, 0.15) is 59.9 Å². The van der Waals surface area contributed by atoms with Crippen LogP contribution < -0.4 is 10.6 Å². The SMILES string of the molecule is CCC(C)NC(=O)c1nc(C(=O)Nc2ccccc2)n2c1CCCC2. The molecule has 2 N–H and O–H groups in total. The average Bonchev–Trinajstić information content (AvgIpc) is 3.02. The van der Waals surface area contributed by atoms with E-state index in [1.807, 2.05) is 48.7 Å². The van der Waals surface area contributed by atoms with Gasteiger partial charge in [-0.1, -0.05) is 25.1 Å². The topological polar surface area (TPSA) is 76.0 Å². The molecule has 6 heteroatoms. The van der Waals surface area contributed by atoms with E-state index in [-0.39, 0.29) is 17.9 Å². The fourth-order valence-corrected chi connectivity index (χ4v) is 3.00. The molecule has 2 heterocycles. The van der Waals surface area contributed by atoms with Crippen LogP contribution in [0.4, 0.5) is 5.69 Å². The van der Waals surface area contributed by atoms with Crippen LogP contribution in [0.2, 0.25) is 0 Å². The lowest BCUT2D eigenvalue weighted by molar-refractivity contribution is 0.0933. The van der Waals surface area contributed by atoms with Crippen molar-refractivity contribution in [3.63, 3.8) is 0 Å². The van der Waals surface area contributed by atoms with Gasteiger partial charge in [-0.3, -0.25) is 9.59 Å². The highest BCUT2D eigenvalue weighted by Crippen LogP contribution is 2.22. The molecule has 1 aromatic heterocycles. The zero-order valence-electron chi connectivity index (χ0n) is 14.7. The first-order chi connectivity index (χ1) is 12.1. The molecule has 0 radical (unpaired) electrons. The predicted octanol–water partition coefficient (Wildman–Crippen LogP) is 3.00. The molecule has 1 unspecified atom stereocenters. The Kier molecular flexibility index (Phi) is 5.16. The summed E-state index contributed by atoms with van der Waals surface area (Å²) in [4.78, 5) is 29.6. The number of aromatic nitrogens is 2. The minimum atomic E-state index is -0.281. The Morgan fingerprint density at radius 2 is 1.96 bits per heavy atom. The van der Waals surface area contributed by atoms with Gasteiger partial charge in [0, 0.05) is 18.3 Å². The molecule has 6 nitrogen and oxygen atoms in total. The molecule has 2 aromatic rings. The van der Waals surface area contributed by atoms with Gasteiger partial charge in [-0.05, 0) is 44.7 Å². The van der Waals surface area contributed by atoms with Crippen LogP contribution in [0.3, 0.4) is 0 Å². The number of amides is 2. The van der Waals surface area contributed by atoms with Gasteiger partial charge >= 0.3 is 0 Å². The third-order valence-electron chi connectivity index (χ3n) is 4.56. The fraction of sp³-hybridized carbons (Fsp3) is 0.421. The molecule has 0 aliphatic carbocycles. The molecule has 0 saturated carbocycles. The lowest BCUT2D eigenvalue weighted by atomic mass is 10.1. The van der Waals surface area contributed by atoms with Crippen LogP contribution in [-0.4, -0.2) is 27.4 Å². The number of hydrogen-bond donors (Lipinski definition) is 2. The van der Waals surface area contributed by atoms with Crippen LogP contribution >= 0.6 is 0 Å². The zero-order chi connectivity index (χ0) is 17.8. The second-order valence-electron chi connectivity index (χ2n) is 6.44. The van der Waals surface area contributed by atoms with Crippen molar-refractivity contribution >= 4 is 17.5 Å². The predicted molar refractivity (Wildman–Crippen MR) is 96.8 cm³/mol. The fourth-order valence-electron chi connectivity index (χ4n) is 3.00. The van der Waals surface area contributed by atoms with E-state index in [0.717, 1.165) is 37.9 Å². The van der Waals surface area contributed by atoms with Gasteiger partial charge in [0.05, 0.1) is 5.69 Å². The van der Waals surface area contributed by atoms with Crippen LogP contribution in [0, 0.1) is 0 Å². The van der Waals surface area contributed by atoms with E-state index in [4.69, 9.17) is 0 Å². The first kappa shape index (κ1) is 17.2. The molecule has 0 fully saturated rings. The maximum absolute atomic E-state index is 12.7. The molecular formula is C19H24N4O2. The number of anilines is 1. The maximum Gasteiger partial charge on any atom is 0.291 e. The summed E-state index contributed by atoms with van der Waals surface area (Å²) >= 11 is 0. The number of nitrogens with one attached hydrogen (secondary N) is 2. The summed E-state index contributed by atoms with van der Waals surface area (Å²) in [6, 6.07) is 9.35. The van der Waals surface area contributed by atoms with E-state index in [1.165, 1.54) is 0 Å². The highest BCUT2D eigenvalue weighted by atomic mass is 16.2. The average molecular weight is 340 g/mol. The Hall–Kier alpha value is -2.63. The van der Waals surface area contributed by atoms with E-state index in [9.17, 15) is 9.59 Å². The van der Waals surface area contributed by atoms with Gasteiger partial charge in [-0.15, -0.1) is 0 Å². The number of benzene rings is 1.